The first-order valence-electron chi connectivity index (χ1n) is 4.93. The molecule has 2 aromatic rings. The number of carbonyl (C=O) groups excluding carboxylic acids is 1. The Bertz CT molecular complexity index is 583. The highest BCUT2D eigenvalue weighted by atomic mass is 127. The second-order valence-electron chi connectivity index (χ2n) is 3.38. The largest absolute Gasteiger partial charge is 0.484 e. The summed E-state index contributed by atoms with van der Waals surface area (Å²) in [6.07, 6.45) is 0. The Labute approximate surface area is 139 Å². The highest BCUT2D eigenvalue weighted by Crippen LogP contribution is 2.32. The molecule has 1 heterocycles. The normalized spacial score (nSPS) is 10.4. The molecule has 2 nitrogen and oxygen atoms in total. The number of halogens is 3. The van der Waals surface area contributed by atoms with Gasteiger partial charge in [-0.1, -0.05) is 12.1 Å². The summed E-state index contributed by atoms with van der Waals surface area (Å²) in [6.45, 7) is 0.0434. The van der Waals surface area contributed by atoms with Crippen LogP contribution in [0.4, 0.5) is 0 Å². The first kappa shape index (κ1) is 14.5. The summed E-state index contributed by atoms with van der Waals surface area (Å²) in [4.78, 5) is 12.0. The van der Waals surface area contributed by atoms with Gasteiger partial charge < -0.3 is 4.74 Å². The third-order valence-corrected chi connectivity index (χ3v) is 5.38. The van der Waals surface area contributed by atoms with Crippen LogP contribution in [0.5, 0.6) is 5.75 Å². The summed E-state index contributed by atoms with van der Waals surface area (Å²) in [5.74, 6) is 0.695. The number of hydrogen-bond acceptors (Lipinski definition) is 3. The maximum absolute atomic E-state index is 12.0. The van der Waals surface area contributed by atoms with E-state index in [1.165, 1.54) is 11.3 Å². The van der Waals surface area contributed by atoms with E-state index in [0.717, 1.165) is 16.9 Å². The van der Waals surface area contributed by atoms with Crippen molar-refractivity contribution >= 4 is 71.6 Å². The monoisotopic (exact) mass is 500 g/mol. The van der Waals surface area contributed by atoms with Crippen molar-refractivity contribution in [1.82, 2.24) is 0 Å². The molecule has 0 atom stereocenters. The van der Waals surface area contributed by atoms with Gasteiger partial charge in [-0.3, -0.25) is 4.79 Å². The number of hydrogen-bond donors (Lipinski definition) is 0. The summed E-state index contributed by atoms with van der Waals surface area (Å²) in [5, 5.41) is 0. The fourth-order valence-electron chi connectivity index (χ4n) is 1.31. The first-order valence-corrected chi connectivity index (χ1v) is 8.41. The Morgan fingerprint density at radius 3 is 2.67 bits per heavy atom. The van der Waals surface area contributed by atoms with Gasteiger partial charge in [-0.2, -0.15) is 0 Å². The third kappa shape index (κ3) is 3.55. The minimum atomic E-state index is -0.0384. The summed E-state index contributed by atoms with van der Waals surface area (Å²) in [6, 6.07) is 9.42. The average Bonchev–Trinajstić information content (AvgIpc) is 2.67. The molecule has 0 fully saturated rings. The van der Waals surface area contributed by atoms with E-state index >= 15 is 0 Å². The second kappa shape index (κ2) is 6.49. The lowest BCUT2D eigenvalue weighted by molar-refractivity contribution is 0.0920. The van der Waals surface area contributed by atoms with Crippen molar-refractivity contribution in [3.8, 4) is 5.75 Å². The molecule has 18 heavy (non-hydrogen) atoms. The van der Waals surface area contributed by atoms with Crippen molar-refractivity contribution in [2.24, 2.45) is 0 Å². The van der Waals surface area contributed by atoms with Gasteiger partial charge in [0.15, 0.2) is 6.61 Å². The zero-order valence-corrected chi connectivity index (χ0v) is 15.1. The van der Waals surface area contributed by atoms with Crippen LogP contribution < -0.4 is 4.74 Å². The molecule has 0 aliphatic carbocycles. The third-order valence-electron chi connectivity index (χ3n) is 2.15. The van der Waals surface area contributed by atoms with Gasteiger partial charge in [-0.15, -0.1) is 11.3 Å². The van der Waals surface area contributed by atoms with E-state index in [-0.39, 0.29) is 12.4 Å². The smallest absolute Gasteiger partial charge is 0.202 e. The van der Waals surface area contributed by atoms with E-state index in [2.05, 4.69) is 54.5 Å². The molecule has 0 radical (unpaired) electrons. The summed E-state index contributed by atoms with van der Waals surface area (Å²) in [5.41, 5.74) is 0.651. The zero-order valence-electron chi connectivity index (χ0n) is 8.95. The number of Topliss-reactive ketones (excluding diaryl/α,β-unsaturated/α-hetero) is 1. The van der Waals surface area contributed by atoms with Gasteiger partial charge in [0, 0.05) is 5.56 Å². The highest BCUT2D eigenvalue weighted by Gasteiger charge is 2.14. The molecule has 94 valence electrons. The van der Waals surface area contributed by atoms with Crippen molar-refractivity contribution in [3.63, 3.8) is 0 Å². The number of ketones is 1. The first-order chi connectivity index (χ1) is 8.58. The number of benzene rings is 1. The molecule has 0 saturated heterocycles. The molecule has 1 aromatic carbocycles. The molecule has 0 aliphatic heterocycles. The number of para-hydroxylation sites is 1. The van der Waals surface area contributed by atoms with Crippen LogP contribution in [0.3, 0.4) is 0 Å². The highest BCUT2D eigenvalue weighted by molar-refractivity contribution is 14.1. The van der Waals surface area contributed by atoms with E-state index in [1.54, 1.807) is 6.07 Å². The molecule has 0 aliphatic rings. The standard InChI is InChI=1S/C12H7Br2IO2S/c13-11-5-7(12(14)18-11)9(16)6-17-10-4-2-1-3-8(10)15/h1-5H,6H2. The van der Waals surface area contributed by atoms with Gasteiger partial charge in [-0.25, -0.2) is 0 Å². The van der Waals surface area contributed by atoms with Gasteiger partial charge in [-0.05, 0) is 72.6 Å². The van der Waals surface area contributed by atoms with Gasteiger partial charge in [0.1, 0.15) is 5.75 Å². The molecule has 6 heteroatoms. The van der Waals surface area contributed by atoms with Gasteiger partial charge in [0.2, 0.25) is 5.78 Å². The lowest BCUT2D eigenvalue weighted by atomic mass is 10.2. The number of carbonyl (C=O) groups is 1. The lowest BCUT2D eigenvalue weighted by Gasteiger charge is -2.06. The van der Waals surface area contributed by atoms with Gasteiger partial charge in [0.25, 0.3) is 0 Å². The van der Waals surface area contributed by atoms with E-state index in [0.29, 0.717) is 5.56 Å². The Morgan fingerprint density at radius 1 is 1.33 bits per heavy atom. The van der Waals surface area contributed by atoms with Crippen LogP contribution in [0.25, 0.3) is 0 Å². The predicted molar refractivity (Wildman–Crippen MR) is 88.7 cm³/mol. The van der Waals surface area contributed by atoms with Crippen molar-refractivity contribution < 1.29 is 9.53 Å². The Morgan fingerprint density at radius 2 is 2.06 bits per heavy atom. The van der Waals surface area contributed by atoms with Gasteiger partial charge >= 0.3 is 0 Å². The lowest BCUT2D eigenvalue weighted by Crippen LogP contribution is -2.11. The fraction of sp³-hybridized carbons (Fsp3) is 0.0833. The molecule has 0 unspecified atom stereocenters. The summed E-state index contributed by atoms with van der Waals surface area (Å²) < 4.78 is 8.27. The van der Waals surface area contributed by atoms with Crippen LogP contribution >= 0.6 is 65.8 Å². The van der Waals surface area contributed by atoms with Crippen LogP contribution in [0.15, 0.2) is 37.9 Å². The van der Waals surface area contributed by atoms with Crippen molar-refractivity contribution in [1.29, 1.82) is 0 Å². The number of ether oxygens (including phenoxy) is 1. The molecule has 0 spiro atoms. The van der Waals surface area contributed by atoms with Crippen LogP contribution in [0.2, 0.25) is 0 Å². The molecule has 0 N–H and O–H groups in total. The molecule has 2 rings (SSSR count). The quantitative estimate of drug-likeness (QED) is 0.428. The average molecular weight is 502 g/mol. The summed E-state index contributed by atoms with van der Waals surface area (Å²) >= 11 is 10.4. The van der Waals surface area contributed by atoms with Gasteiger partial charge in [0.05, 0.1) is 11.1 Å². The minimum Gasteiger partial charge on any atom is -0.484 e. The number of rotatable bonds is 4. The minimum absolute atomic E-state index is 0.0384. The second-order valence-corrected chi connectivity index (χ2v) is 8.29. The van der Waals surface area contributed by atoms with E-state index in [1.807, 2.05) is 24.3 Å². The van der Waals surface area contributed by atoms with Crippen LogP contribution in [-0.2, 0) is 0 Å². The predicted octanol–water partition coefficient (Wildman–Crippen LogP) is 5.14. The topological polar surface area (TPSA) is 26.3 Å². The molecule has 0 saturated carbocycles. The van der Waals surface area contributed by atoms with Crippen molar-refractivity contribution in [2.45, 2.75) is 0 Å². The maximum atomic E-state index is 12.0. The van der Waals surface area contributed by atoms with Crippen LogP contribution in [0.1, 0.15) is 10.4 Å². The van der Waals surface area contributed by atoms with E-state index < -0.39 is 0 Å². The van der Waals surface area contributed by atoms with Crippen LogP contribution in [-0.4, -0.2) is 12.4 Å². The number of thiophene rings is 1. The molecular formula is C12H7Br2IO2S. The Kier molecular flexibility index (Phi) is 5.23. The molecular weight excluding hydrogens is 495 g/mol. The Balaban J connectivity index is 2.05. The summed E-state index contributed by atoms with van der Waals surface area (Å²) in [7, 11) is 0. The zero-order chi connectivity index (χ0) is 13.1. The molecule has 0 amide bonds. The molecule has 0 bridgehead atoms. The fourth-order valence-corrected chi connectivity index (χ4v) is 4.71. The maximum Gasteiger partial charge on any atom is 0.202 e. The molecule has 1 aromatic heterocycles. The van der Waals surface area contributed by atoms with E-state index in [9.17, 15) is 4.79 Å². The SMILES string of the molecule is O=C(COc1ccccc1I)c1cc(Br)sc1Br. The van der Waals surface area contributed by atoms with E-state index in [4.69, 9.17) is 4.74 Å². The van der Waals surface area contributed by atoms with Crippen molar-refractivity contribution in [3.05, 3.63) is 47.0 Å². The Hall–Kier alpha value is 0.0800. The van der Waals surface area contributed by atoms with Crippen LogP contribution in [0, 0.1) is 3.57 Å². The van der Waals surface area contributed by atoms with Crippen molar-refractivity contribution in [2.75, 3.05) is 6.61 Å².